The molecule has 27 heavy (non-hydrogen) atoms. The van der Waals surface area contributed by atoms with Crippen LogP contribution in [0.25, 0.3) is 0 Å². The number of pyridine rings is 1. The molecule has 0 aliphatic carbocycles. The first-order chi connectivity index (χ1) is 13.3. The van der Waals surface area contributed by atoms with Crippen molar-refractivity contribution in [3.63, 3.8) is 0 Å². The summed E-state index contributed by atoms with van der Waals surface area (Å²) in [4.78, 5) is 19.6. The molecule has 2 atom stereocenters. The Bertz CT molecular complexity index is 796. The monoisotopic (exact) mass is 366 g/mol. The van der Waals surface area contributed by atoms with Crippen LogP contribution in [0.3, 0.4) is 0 Å². The van der Waals surface area contributed by atoms with Crippen molar-refractivity contribution in [3.8, 4) is 5.75 Å². The highest BCUT2D eigenvalue weighted by molar-refractivity contribution is 5.99. The van der Waals surface area contributed by atoms with Crippen molar-refractivity contribution in [2.75, 3.05) is 38.6 Å². The van der Waals surface area contributed by atoms with Crippen LogP contribution in [0, 0.1) is 11.8 Å². The molecule has 3 heterocycles. The molecule has 0 spiro atoms. The second-order valence-electron chi connectivity index (χ2n) is 7.27. The van der Waals surface area contributed by atoms with E-state index >= 15 is 0 Å². The van der Waals surface area contributed by atoms with Crippen molar-refractivity contribution >= 4 is 17.4 Å². The van der Waals surface area contributed by atoms with Crippen molar-refractivity contribution in [1.82, 2.24) is 15.2 Å². The van der Waals surface area contributed by atoms with Gasteiger partial charge < -0.3 is 20.3 Å². The highest BCUT2D eigenvalue weighted by atomic mass is 16.5. The summed E-state index contributed by atoms with van der Waals surface area (Å²) < 4.78 is 5.40. The van der Waals surface area contributed by atoms with Crippen LogP contribution < -0.4 is 15.4 Å². The molecule has 0 radical (unpaired) electrons. The molecule has 1 aromatic heterocycles. The van der Waals surface area contributed by atoms with Gasteiger partial charge in [0, 0.05) is 19.3 Å². The van der Waals surface area contributed by atoms with Gasteiger partial charge in [-0.2, -0.15) is 0 Å². The molecule has 6 heteroatoms. The minimum atomic E-state index is 0.0495. The zero-order valence-corrected chi connectivity index (χ0v) is 15.6. The third-order valence-electron chi connectivity index (χ3n) is 5.70. The van der Waals surface area contributed by atoms with Crippen LogP contribution in [-0.2, 0) is 0 Å². The molecule has 142 valence electrons. The number of fused-ring (bicyclic) bond motifs is 1. The van der Waals surface area contributed by atoms with Crippen LogP contribution in [0.15, 0.2) is 42.6 Å². The van der Waals surface area contributed by atoms with Crippen LogP contribution >= 0.6 is 0 Å². The SMILES string of the molecule is COc1ccccc1Nc1ncccc1C(=O)N1CC[C@@H]2CNC[C@@H]2CC1. The Kier molecular flexibility index (Phi) is 5.25. The fourth-order valence-corrected chi connectivity index (χ4v) is 4.14. The maximum atomic E-state index is 13.2. The fraction of sp³-hybridized carbons (Fsp3) is 0.429. The minimum Gasteiger partial charge on any atom is -0.495 e. The van der Waals surface area contributed by atoms with Crippen molar-refractivity contribution in [3.05, 3.63) is 48.2 Å². The van der Waals surface area contributed by atoms with Crippen molar-refractivity contribution in [1.29, 1.82) is 0 Å². The minimum absolute atomic E-state index is 0.0495. The second kappa shape index (κ2) is 7.96. The summed E-state index contributed by atoms with van der Waals surface area (Å²) in [7, 11) is 1.63. The fourth-order valence-electron chi connectivity index (χ4n) is 4.14. The molecule has 2 aromatic rings. The van der Waals surface area contributed by atoms with Crippen LogP contribution in [0.5, 0.6) is 5.75 Å². The van der Waals surface area contributed by atoms with Crippen molar-refractivity contribution < 1.29 is 9.53 Å². The quantitative estimate of drug-likeness (QED) is 0.871. The molecule has 2 aliphatic heterocycles. The van der Waals surface area contributed by atoms with Crippen molar-refractivity contribution in [2.24, 2.45) is 11.8 Å². The molecule has 2 fully saturated rings. The Balaban J connectivity index is 1.54. The Hall–Kier alpha value is -2.60. The summed E-state index contributed by atoms with van der Waals surface area (Å²) in [5.41, 5.74) is 1.40. The molecule has 1 amide bonds. The van der Waals surface area contributed by atoms with Crippen LogP contribution in [0.4, 0.5) is 11.5 Å². The standard InChI is InChI=1S/C21H26N4O2/c1-27-19-7-3-2-6-18(19)24-20-17(5-4-10-23-20)21(26)25-11-8-15-13-22-14-16(15)9-12-25/h2-7,10,15-16,22H,8-9,11-14H2,1H3,(H,23,24)/t15-,16+. The summed E-state index contributed by atoms with van der Waals surface area (Å²) in [5.74, 6) is 2.73. The Labute approximate surface area is 159 Å². The molecular formula is C21H26N4O2. The van der Waals surface area contributed by atoms with E-state index in [1.165, 1.54) is 0 Å². The maximum absolute atomic E-state index is 13.2. The summed E-state index contributed by atoms with van der Waals surface area (Å²) in [6.07, 6.45) is 3.84. The van der Waals surface area contributed by atoms with E-state index in [2.05, 4.69) is 15.6 Å². The van der Waals surface area contributed by atoms with Gasteiger partial charge in [0.25, 0.3) is 5.91 Å². The predicted octanol–water partition coefficient (Wildman–Crippen LogP) is 2.91. The van der Waals surface area contributed by atoms with Gasteiger partial charge in [-0.1, -0.05) is 12.1 Å². The normalized spacial score (nSPS) is 22.0. The van der Waals surface area contributed by atoms with Gasteiger partial charge in [0.2, 0.25) is 0 Å². The molecule has 2 N–H and O–H groups in total. The zero-order chi connectivity index (χ0) is 18.6. The number of hydrogen-bond acceptors (Lipinski definition) is 5. The van der Waals surface area contributed by atoms with Gasteiger partial charge >= 0.3 is 0 Å². The van der Waals surface area contributed by atoms with Crippen LogP contribution in [0.1, 0.15) is 23.2 Å². The van der Waals surface area contributed by atoms with E-state index in [0.717, 1.165) is 50.5 Å². The summed E-state index contributed by atoms with van der Waals surface area (Å²) in [5, 5.41) is 6.75. The summed E-state index contributed by atoms with van der Waals surface area (Å²) in [6, 6.07) is 11.3. The number of benzene rings is 1. The Morgan fingerprint density at radius 1 is 1.15 bits per heavy atom. The smallest absolute Gasteiger partial charge is 0.257 e. The van der Waals surface area contributed by atoms with Gasteiger partial charge in [0.1, 0.15) is 11.6 Å². The molecule has 0 saturated carbocycles. The number of nitrogens with zero attached hydrogens (tertiary/aromatic N) is 2. The average molecular weight is 366 g/mol. The molecule has 4 rings (SSSR count). The van der Waals surface area contributed by atoms with E-state index in [1.807, 2.05) is 41.3 Å². The Morgan fingerprint density at radius 3 is 2.63 bits per heavy atom. The molecular weight excluding hydrogens is 340 g/mol. The Morgan fingerprint density at radius 2 is 1.89 bits per heavy atom. The maximum Gasteiger partial charge on any atom is 0.257 e. The lowest BCUT2D eigenvalue weighted by molar-refractivity contribution is 0.0759. The largest absolute Gasteiger partial charge is 0.495 e. The van der Waals surface area contributed by atoms with Gasteiger partial charge in [-0.3, -0.25) is 4.79 Å². The lowest BCUT2D eigenvalue weighted by Crippen LogP contribution is -2.33. The second-order valence-corrected chi connectivity index (χ2v) is 7.27. The first kappa shape index (κ1) is 17.8. The van der Waals surface area contributed by atoms with E-state index in [-0.39, 0.29) is 5.91 Å². The van der Waals surface area contributed by atoms with Gasteiger partial charge in [-0.05, 0) is 62.0 Å². The van der Waals surface area contributed by atoms with Gasteiger partial charge in [0.05, 0.1) is 18.4 Å². The number of likely N-dealkylation sites (tertiary alicyclic amines) is 1. The first-order valence-electron chi connectivity index (χ1n) is 9.61. The number of para-hydroxylation sites is 2. The number of methoxy groups -OCH3 is 1. The number of anilines is 2. The number of amides is 1. The first-order valence-corrected chi connectivity index (χ1v) is 9.61. The van der Waals surface area contributed by atoms with E-state index in [0.29, 0.717) is 23.2 Å². The van der Waals surface area contributed by atoms with Crippen LogP contribution in [-0.4, -0.2) is 49.1 Å². The topological polar surface area (TPSA) is 66.5 Å². The van der Waals surface area contributed by atoms with Crippen molar-refractivity contribution in [2.45, 2.75) is 12.8 Å². The highest BCUT2D eigenvalue weighted by Crippen LogP contribution is 2.30. The van der Waals surface area contributed by atoms with Gasteiger partial charge in [0.15, 0.2) is 0 Å². The third-order valence-corrected chi connectivity index (χ3v) is 5.70. The number of carbonyl (C=O) groups excluding carboxylic acids is 1. The highest BCUT2D eigenvalue weighted by Gasteiger charge is 2.32. The number of carbonyl (C=O) groups is 1. The zero-order valence-electron chi connectivity index (χ0n) is 15.6. The molecule has 6 nitrogen and oxygen atoms in total. The van der Waals surface area contributed by atoms with Crippen LogP contribution in [0.2, 0.25) is 0 Å². The van der Waals surface area contributed by atoms with E-state index in [4.69, 9.17) is 4.74 Å². The number of rotatable bonds is 4. The van der Waals surface area contributed by atoms with E-state index in [1.54, 1.807) is 13.3 Å². The third kappa shape index (κ3) is 3.76. The van der Waals surface area contributed by atoms with Gasteiger partial charge in [-0.25, -0.2) is 4.98 Å². The molecule has 0 bridgehead atoms. The number of aromatic nitrogens is 1. The average Bonchev–Trinajstić information content (AvgIpc) is 3.06. The van der Waals surface area contributed by atoms with E-state index < -0.39 is 0 Å². The van der Waals surface area contributed by atoms with E-state index in [9.17, 15) is 4.79 Å². The predicted molar refractivity (Wildman–Crippen MR) is 106 cm³/mol. The number of ether oxygens (including phenoxy) is 1. The van der Waals surface area contributed by atoms with Gasteiger partial charge in [-0.15, -0.1) is 0 Å². The lowest BCUT2D eigenvalue weighted by Gasteiger charge is -2.22. The summed E-state index contributed by atoms with van der Waals surface area (Å²) in [6.45, 7) is 3.79. The summed E-state index contributed by atoms with van der Waals surface area (Å²) >= 11 is 0. The molecule has 2 aliphatic rings. The number of nitrogens with one attached hydrogen (secondary N) is 2. The lowest BCUT2D eigenvalue weighted by atomic mass is 9.92. The molecule has 1 aromatic carbocycles. The molecule has 2 saturated heterocycles. The molecule has 0 unspecified atom stereocenters. The number of hydrogen-bond donors (Lipinski definition) is 2.